The van der Waals surface area contributed by atoms with Gasteiger partial charge >= 0.3 is 5.97 Å². The summed E-state index contributed by atoms with van der Waals surface area (Å²) in [6.45, 7) is 10.3. The van der Waals surface area contributed by atoms with Crippen molar-refractivity contribution in [1.82, 2.24) is 9.78 Å². The van der Waals surface area contributed by atoms with Crippen molar-refractivity contribution in [3.63, 3.8) is 0 Å². The van der Waals surface area contributed by atoms with Gasteiger partial charge in [0.2, 0.25) is 0 Å². The lowest BCUT2D eigenvalue weighted by Gasteiger charge is -2.63. The number of hydrogen-bond donors (Lipinski definition) is 0. The Morgan fingerprint density at radius 2 is 2.13 bits per heavy atom. The van der Waals surface area contributed by atoms with E-state index in [-0.39, 0.29) is 34.9 Å². The minimum Gasteiger partial charge on any atom is -0.487 e. The summed E-state index contributed by atoms with van der Waals surface area (Å²) in [7, 11) is 0. The molecule has 0 N–H and O–H groups in total. The molecule has 2 aliphatic heterocycles. The topological polar surface area (TPSA) is 62.6 Å². The molecule has 0 amide bonds. The molecule has 0 radical (unpaired) electrons. The van der Waals surface area contributed by atoms with Crippen LogP contribution in [0.25, 0.3) is 0 Å². The van der Waals surface area contributed by atoms with Gasteiger partial charge in [0.05, 0.1) is 17.2 Å². The fourth-order valence-electron chi connectivity index (χ4n) is 6.22. The van der Waals surface area contributed by atoms with E-state index in [1.807, 2.05) is 25.1 Å². The van der Waals surface area contributed by atoms with Crippen LogP contribution in [-0.2, 0) is 16.0 Å². The maximum absolute atomic E-state index is 12.8. The minimum atomic E-state index is -0.395. The number of benzene rings is 1. The van der Waals surface area contributed by atoms with Crippen molar-refractivity contribution >= 4 is 21.9 Å². The third-order valence-corrected chi connectivity index (χ3v) is 8.56. The zero-order valence-electron chi connectivity index (χ0n) is 18.4. The molecule has 6 atom stereocenters. The van der Waals surface area contributed by atoms with E-state index >= 15 is 0 Å². The van der Waals surface area contributed by atoms with Crippen LogP contribution in [-0.4, -0.2) is 34.6 Å². The van der Waals surface area contributed by atoms with Crippen LogP contribution in [0.5, 0.6) is 5.75 Å². The predicted molar refractivity (Wildman–Crippen MR) is 119 cm³/mol. The molecule has 31 heavy (non-hydrogen) atoms. The van der Waals surface area contributed by atoms with Gasteiger partial charge in [-0.25, -0.2) is 4.79 Å². The fourth-order valence-corrected chi connectivity index (χ4v) is 6.70. The molecule has 1 aromatic heterocycles. The van der Waals surface area contributed by atoms with E-state index in [2.05, 4.69) is 47.9 Å². The van der Waals surface area contributed by atoms with Gasteiger partial charge in [-0.1, -0.05) is 32.0 Å². The summed E-state index contributed by atoms with van der Waals surface area (Å²) in [5.74, 6) is 1.30. The Morgan fingerprint density at radius 3 is 2.87 bits per heavy atom. The number of aryl methyl sites for hydroxylation is 1. The van der Waals surface area contributed by atoms with Crippen LogP contribution >= 0.6 is 15.9 Å². The Bertz CT molecular complexity index is 1020. The van der Waals surface area contributed by atoms with Crippen LogP contribution in [0.4, 0.5) is 0 Å². The van der Waals surface area contributed by atoms with Crippen LogP contribution < -0.4 is 4.74 Å². The summed E-state index contributed by atoms with van der Waals surface area (Å²) < 4.78 is 21.4. The summed E-state index contributed by atoms with van der Waals surface area (Å²) in [6.07, 6.45) is 2.72. The van der Waals surface area contributed by atoms with Gasteiger partial charge in [0.15, 0.2) is 5.69 Å². The van der Waals surface area contributed by atoms with Crippen molar-refractivity contribution in [2.45, 2.75) is 52.4 Å². The van der Waals surface area contributed by atoms with Crippen LogP contribution in [0.2, 0.25) is 0 Å². The molecule has 6 nitrogen and oxygen atoms in total. The smallest absolute Gasteiger partial charge is 0.360 e. The average Bonchev–Trinajstić information content (AvgIpc) is 3.12. The first kappa shape index (κ1) is 21.0. The number of para-hydroxylation sites is 1. The Kier molecular flexibility index (Phi) is 4.97. The second-order valence-electron chi connectivity index (χ2n) is 9.59. The van der Waals surface area contributed by atoms with E-state index in [1.54, 1.807) is 10.9 Å². The molecule has 166 valence electrons. The molecule has 2 fully saturated rings. The highest BCUT2D eigenvalue weighted by Gasteiger charge is 2.64. The molecule has 2 bridgehead atoms. The Balaban J connectivity index is 1.42. The van der Waals surface area contributed by atoms with Crippen molar-refractivity contribution in [3.8, 4) is 5.75 Å². The van der Waals surface area contributed by atoms with Gasteiger partial charge in [-0.15, -0.1) is 0 Å². The summed E-state index contributed by atoms with van der Waals surface area (Å²) in [6, 6.07) is 8.21. The number of carbonyl (C=O) groups excluding carboxylic acids is 1. The Morgan fingerprint density at radius 1 is 1.35 bits per heavy atom. The standard InChI is InChI=1S/C24H29BrN2O4/c1-5-27-11-17(25)20(26-27)22(28)30-13-24-12-29-21-16-8-6-7-9-18(16)31-23(4,10-14(24)2)19(21)15(24)3/h6-9,11,14-15,19,21H,5,10,12-13H2,1-4H3/t14?,15?,19-,21?,23?,24+/m1/s1. The summed E-state index contributed by atoms with van der Waals surface area (Å²) in [5.41, 5.74) is 0.912. The van der Waals surface area contributed by atoms with Gasteiger partial charge in [0.1, 0.15) is 18.0 Å². The second-order valence-corrected chi connectivity index (χ2v) is 10.4. The Labute approximate surface area is 191 Å². The quantitative estimate of drug-likeness (QED) is 0.565. The Hall–Kier alpha value is -1.86. The van der Waals surface area contributed by atoms with Gasteiger partial charge in [-0.05, 0) is 54.1 Å². The number of halogens is 1. The van der Waals surface area contributed by atoms with E-state index in [4.69, 9.17) is 14.2 Å². The molecule has 0 spiro atoms. The molecule has 3 aliphatic rings. The van der Waals surface area contributed by atoms with Crippen LogP contribution in [0.3, 0.4) is 0 Å². The molecule has 1 saturated carbocycles. The molecule has 2 aromatic rings. The van der Waals surface area contributed by atoms with E-state index in [0.29, 0.717) is 29.9 Å². The monoisotopic (exact) mass is 488 g/mol. The third-order valence-electron chi connectivity index (χ3n) is 7.98. The lowest BCUT2D eigenvalue weighted by Crippen LogP contribution is -2.66. The highest BCUT2D eigenvalue weighted by atomic mass is 79.9. The number of carbonyl (C=O) groups is 1. The number of hydrogen-bond acceptors (Lipinski definition) is 5. The van der Waals surface area contributed by atoms with E-state index in [1.165, 1.54) is 0 Å². The summed E-state index contributed by atoms with van der Waals surface area (Å²) in [4.78, 5) is 12.8. The van der Waals surface area contributed by atoms with E-state index in [0.717, 1.165) is 17.7 Å². The van der Waals surface area contributed by atoms with Crippen LogP contribution in [0.15, 0.2) is 34.9 Å². The number of ether oxygens (including phenoxy) is 3. The van der Waals surface area contributed by atoms with Crippen molar-refractivity contribution in [2.24, 2.45) is 23.2 Å². The number of fused-ring (bicyclic) bond motifs is 3. The summed E-state index contributed by atoms with van der Waals surface area (Å²) >= 11 is 3.43. The molecule has 1 aliphatic carbocycles. The van der Waals surface area contributed by atoms with Crippen molar-refractivity contribution < 1.29 is 19.0 Å². The van der Waals surface area contributed by atoms with Crippen molar-refractivity contribution in [1.29, 1.82) is 0 Å². The number of esters is 1. The number of aromatic nitrogens is 2. The van der Waals surface area contributed by atoms with Crippen molar-refractivity contribution in [3.05, 3.63) is 46.2 Å². The molecule has 7 heteroatoms. The van der Waals surface area contributed by atoms with E-state index in [9.17, 15) is 4.79 Å². The maximum Gasteiger partial charge on any atom is 0.360 e. The third kappa shape index (κ3) is 3.07. The first-order valence-electron chi connectivity index (χ1n) is 11.1. The first-order chi connectivity index (χ1) is 14.8. The molecule has 5 rings (SSSR count). The van der Waals surface area contributed by atoms with Gasteiger partial charge in [0, 0.05) is 29.6 Å². The van der Waals surface area contributed by atoms with Gasteiger partial charge in [-0.3, -0.25) is 4.68 Å². The lowest BCUT2D eigenvalue weighted by atomic mass is 9.50. The zero-order chi connectivity index (χ0) is 22.0. The van der Waals surface area contributed by atoms with Gasteiger partial charge in [0.25, 0.3) is 0 Å². The molecule has 3 heterocycles. The zero-order valence-corrected chi connectivity index (χ0v) is 20.0. The number of nitrogens with zero attached hydrogens (tertiary/aromatic N) is 2. The maximum atomic E-state index is 12.8. The van der Waals surface area contributed by atoms with Gasteiger partial charge in [-0.2, -0.15) is 5.10 Å². The second kappa shape index (κ2) is 7.34. The lowest BCUT2D eigenvalue weighted by molar-refractivity contribution is -0.259. The normalized spacial score (nSPS) is 35.8. The predicted octanol–water partition coefficient (Wildman–Crippen LogP) is 5.02. The van der Waals surface area contributed by atoms with Crippen molar-refractivity contribution in [2.75, 3.05) is 13.2 Å². The molecular formula is C24H29BrN2O4. The van der Waals surface area contributed by atoms with Crippen LogP contribution in [0.1, 0.15) is 56.3 Å². The highest BCUT2D eigenvalue weighted by molar-refractivity contribution is 9.10. The van der Waals surface area contributed by atoms with Gasteiger partial charge < -0.3 is 14.2 Å². The molecule has 1 saturated heterocycles. The SMILES string of the molecule is CCn1cc(Br)c(C(=O)OC[C@@]23COC4c5ccccc5OC(C)(CC2C)[C@@H]4C3C)n1. The minimum absolute atomic E-state index is 0.00988. The molecule has 4 unspecified atom stereocenters. The first-order valence-corrected chi connectivity index (χ1v) is 11.9. The number of rotatable bonds is 4. The van der Waals surface area contributed by atoms with E-state index < -0.39 is 5.97 Å². The summed E-state index contributed by atoms with van der Waals surface area (Å²) in [5, 5.41) is 4.33. The average molecular weight is 489 g/mol. The highest BCUT2D eigenvalue weighted by Crippen LogP contribution is 2.63. The largest absolute Gasteiger partial charge is 0.487 e. The van der Waals surface area contributed by atoms with Crippen LogP contribution in [0, 0.1) is 23.2 Å². The molecular weight excluding hydrogens is 460 g/mol. The fraction of sp³-hybridized carbons (Fsp3) is 0.583. The molecule has 1 aromatic carbocycles.